The summed E-state index contributed by atoms with van der Waals surface area (Å²) in [6.07, 6.45) is 7.29. The minimum absolute atomic E-state index is 0.266. The van der Waals surface area contributed by atoms with Crippen LogP contribution in [0.3, 0.4) is 0 Å². The summed E-state index contributed by atoms with van der Waals surface area (Å²) < 4.78 is 17.4. The van der Waals surface area contributed by atoms with E-state index in [1.165, 1.54) is 10.8 Å². The van der Waals surface area contributed by atoms with E-state index in [0.29, 0.717) is 40.8 Å². The van der Waals surface area contributed by atoms with Gasteiger partial charge in [-0.3, -0.25) is 19.3 Å². The fourth-order valence-corrected chi connectivity index (χ4v) is 4.35. The van der Waals surface area contributed by atoms with Crippen molar-refractivity contribution in [2.45, 2.75) is 31.8 Å². The Kier molecular flexibility index (Phi) is 6.28. The summed E-state index contributed by atoms with van der Waals surface area (Å²) in [6, 6.07) is 7.68. The van der Waals surface area contributed by atoms with E-state index in [4.69, 9.17) is 19.2 Å². The molecule has 10 heteroatoms. The van der Waals surface area contributed by atoms with Gasteiger partial charge in [0.2, 0.25) is 5.88 Å². The Balaban J connectivity index is 1.35. The number of pyridine rings is 3. The first kappa shape index (κ1) is 22.7. The van der Waals surface area contributed by atoms with E-state index in [1.807, 2.05) is 12.1 Å². The Morgan fingerprint density at radius 2 is 1.86 bits per heavy atom. The Bertz CT molecular complexity index is 1440. The van der Waals surface area contributed by atoms with Gasteiger partial charge in [0.25, 0.3) is 5.56 Å². The van der Waals surface area contributed by atoms with Crippen LogP contribution >= 0.6 is 0 Å². The lowest BCUT2D eigenvalue weighted by atomic mass is 9.91. The van der Waals surface area contributed by atoms with Crippen molar-refractivity contribution in [2.24, 2.45) is 0 Å². The average Bonchev–Trinajstić information content (AvgIpc) is 2.90. The maximum absolute atomic E-state index is 12.7. The zero-order valence-electron chi connectivity index (χ0n) is 19.8. The minimum atomic E-state index is -0.266. The molecule has 0 saturated heterocycles. The van der Waals surface area contributed by atoms with Crippen molar-refractivity contribution in [3.8, 4) is 23.1 Å². The van der Waals surface area contributed by atoms with E-state index in [9.17, 15) is 4.79 Å². The van der Waals surface area contributed by atoms with Crippen molar-refractivity contribution < 1.29 is 14.2 Å². The molecule has 0 bridgehead atoms. The van der Waals surface area contributed by atoms with Crippen LogP contribution in [-0.4, -0.2) is 51.9 Å². The van der Waals surface area contributed by atoms with Crippen LogP contribution in [0.25, 0.3) is 16.9 Å². The third-order valence-corrected chi connectivity index (χ3v) is 6.19. The molecule has 0 spiro atoms. The third-order valence-electron chi connectivity index (χ3n) is 6.19. The van der Waals surface area contributed by atoms with Crippen LogP contribution in [0.15, 0.2) is 47.7 Å². The van der Waals surface area contributed by atoms with Gasteiger partial charge < -0.3 is 19.5 Å². The topological polar surface area (TPSA) is 113 Å². The van der Waals surface area contributed by atoms with E-state index in [0.717, 1.165) is 36.2 Å². The number of nitrogens with one attached hydrogen (secondary N) is 1. The predicted molar refractivity (Wildman–Crippen MR) is 129 cm³/mol. The summed E-state index contributed by atoms with van der Waals surface area (Å²) in [5, 5.41) is 3.57. The van der Waals surface area contributed by atoms with Crippen LogP contribution in [0, 0.1) is 0 Å². The van der Waals surface area contributed by atoms with Crippen molar-refractivity contribution in [3.63, 3.8) is 0 Å². The first-order valence-electron chi connectivity index (χ1n) is 11.3. The molecule has 1 atom stereocenters. The summed E-state index contributed by atoms with van der Waals surface area (Å²) >= 11 is 0. The van der Waals surface area contributed by atoms with E-state index in [-0.39, 0.29) is 11.6 Å². The van der Waals surface area contributed by atoms with E-state index >= 15 is 0 Å². The number of methoxy groups -OCH3 is 3. The number of hydrogen-bond donors (Lipinski definition) is 1. The molecular weight excluding hydrogens is 448 g/mol. The lowest BCUT2D eigenvalue weighted by Crippen LogP contribution is -2.35. The molecule has 1 aliphatic rings. The van der Waals surface area contributed by atoms with Crippen LogP contribution < -0.4 is 25.1 Å². The highest BCUT2D eigenvalue weighted by molar-refractivity contribution is 5.72. The fourth-order valence-electron chi connectivity index (χ4n) is 4.35. The number of aromatic nitrogens is 5. The van der Waals surface area contributed by atoms with Gasteiger partial charge in [-0.05, 0) is 30.5 Å². The first-order valence-corrected chi connectivity index (χ1v) is 11.3. The van der Waals surface area contributed by atoms with Gasteiger partial charge in [-0.2, -0.15) is 4.98 Å². The average molecular weight is 475 g/mol. The summed E-state index contributed by atoms with van der Waals surface area (Å²) in [7, 11) is 4.75. The minimum Gasteiger partial charge on any atom is -0.493 e. The molecular formula is C25H26N6O4. The Morgan fingerprint density at radius 1 is 1.00 bits per heavy atom. The third kappa shape index (κ3) is 4.52. The number of ether oxygens (including phenoxy) is 3. The van der Waals surface area contributed by atoms with Gasteiger partial charge >= 0.3 is 0 Å². The van der Waals surface area contributed by atoms with Gasteiger partial charge in [0.15, 0.2) is 17.1 Å². The maximum atomic E-state index is 12.7. The molecule has 10 nitrogen and oxygen atoms in total. The molecule has 0 amide bonds. The number of rotatable bonds is 7. The number of nitrogens with zero attached hydrogens (tertiary/aromatic N) is 5. The molecule has 0 fully saturated rings. The molecule has 0 unspecified atom stereocenters. The van der Waals surface area contributed by atoms with Gasteiger partial charge in [-0.1, -0.05) is 0 Å². The maximum Gasteiger partial charge on any atom is 0.275 e. The molecule has 0 aliphatic heterocycles. The SMILES string of the molecule is COc1ccc2ncc(=O)n(-c3cnc4c(c3)CC[C@H](NCc3cc(OC)c(OC)cn3)C4)c2n1. The molecule has 35 heavy (non-hydrogen) atoms. The Labute approximate surface area is 202 Å². The van der Waals surface area contributed by atoms with Crippen molar-refractivity contribution >= 4 is 11.2 Å². The fraction of sp³-hybridized carbons (Fsp3) is 0.320. The normalized spacial score (nSPS) is 15.0. The van der Waals surface area contributed by atoms with Crippen LogP contribution in [0.5, 0.6) is 17.4 Å². The van der Waals surface area contributed by atoms with Gasteiger partial charge in [0.1, 0.15) is 5.52 Å². The van der Waals surface area contributed by atoms with Crippen LogP contribution in [0.2, 0.25) is 0 Å². The van der Waals surface area contributed by atoms with Gasteiger partial charge in [-0.15, -0.1) is 0 Å². The predicted octanol–water partition coefficient (Wildman–Crippen LogP) is 2.24. The molecule has 4 aromatic rings. The monoisotopic (exact) mass is 474 g/mol. The van der Waals surface area contributed by atoms with Crippen molar-refractivity contribution in [1.29, 1.82) is 0 Å². The van der Waals surface area contributed by atoms with Crippen molar-refractivity contribution in [2.75, 3.05) is 21.3 Å². The summed E-state index contributed by atoms with van der Waals surface area (Å²) in [4.78, 5) is 30.5. The van der Waals surface area contributed by atoms with Gasteiger partial charge in [0.05, 0.1) is 51.3 Å². The highest BCUT2D eigenvalue weighted by Crippen LogP contribution is 2.27. The molecule has 5 rings (SSSR count). The molecule has 4 heterocycles. The lowest BCUT2D eigenvalue weighted by molar-refractivity contribution is 0.352. The highest BCUT2D eigenvalue weighted by atomic mass is 16.5. The summed E-state index contributed by atoms with van der Waals surface area (Å²) in [6.45, 7) is 0.615. The highest BCUT2D eigenvalue weighted by Gasteiger charge is 2.21. The number of aryl methyl sites for hydroxylation is 1. The van der Waals surface area contributed by atoms with E-state index < -0.39 is 0 Å². The molecule has 0 saturated carbocycles. The van der Waals surface area contributed by atoms with Crippen molar-refractivity contribution in [1.82, 2.24) is 29.8 Å². The smallest absolute Gasteiger partial charge is 0.275 e. The lowest BCUT2D eigenvalue weighted by Gasteiger charge is -2.25. The quantitative estimate of drug-likeness (QED) is 0.431. The largest absolute Gasteiger partial charge is 0.493 e. The number of fused-ring (bicyclic) bond motifs is 2. The standard InChI is InChI=1S/C25H26N6O4/c1-33-21-10-17(27-13-22(21)34-2)11-26-16-5-4-15-8-18(12-28-20(15)9-16)31-24(32)14-29-19-6-7-23(35-3)30-25(19)31/h6-8,10,12-14,16,26H,4-5,9,11H2,1-3H3/t16-/m0/s1. The molecule has 0 aromatic carbocycles. The summed E-state index contributed by atoms with van der Waals surface area (Å²) in [5.41, 5.74) is 4.48. The van der Waals surface area contributed by atoms with Crippen molar-refractivity contribution in [3.05, 3.63) is 70.2 Å². The molecule has 0 radical (unpaired) electrons. The van der Waals surface area contributed by atoms with Crippen LogP contribution in [-0.2, 0) is 19.4 Å². The zero-order valence-corrected chi connectivity index (χ0v) is 19.8. The van der Waals surface area contributed by atoms with E-state index in [1.54, 1.807) is 45.9 Å². The molecule has 1 N–H and O–H groups in total. The second kappa shape index (κ2) is 9.67. The van der Waals surface area contributed by atoms with Gasteiger partial charge in [-0.25, -0.2) is 4.98 Å². The first-order chi connectivity index (χ1) is 17.1. The molecule has 4 aromatic heterocycles. The van der Waals surface area contributed by atoms with E-state index in [2.05, 4.69) is 20.3 Å². The second-order valence-corrected chi connectivity index (χ2v) is 8.28. The van der Waals surface area contributed by atoms with Gasteiger partial charge in [0, 0.05) is 36.8 Å². The molecule has 1 aliphatic carbocycles. The van der Waals surface area contributed by atoms with Crippen LogP contribution in [0.4, 0.5) is 0 Å². The Hall–Kier alpha value is -4.05. The molecule has 180 valence electrons. The van der Waals surface area contributed by atoms with Crippen LogP contribution in [0.1, 0.15) is 23.4 Å². The zero-order chi connectivity index (χ0) is 24.4. The second-order valence-electron chi connectivity index (χ2n) is 8.28. The number of hydrogen-bond acceptors (Lipinski definition) is 9. The summed E-state index contributed by atoms with van der Waals surface area (Å²) in [5.74, 6) is 1.69. The Morgan fingerprint density at radius 3 is 2.66 bits per heavy atom.